The van der Waals surface area contributed by atoms with Crippen molar-refractivity contribution in [2.75, 3.05) is 23.0 Å². The van der Waals surface area contributed by atoms with Crippen molar-refractivity contribution in [3.8, 4) is 5.75 Å². The number of rotatable bonds is 5. The van der Waals surface area contributed by atoms with E-state index in [4.69, 9.17) is 16.3 Å². The fourth-order valence-corrected chi connectivity index (χ4v) is 3.99. The monoisotopic (exact) mass is 351 g/mol. The minimum Gasteiger partial charge on any atom is -0.489 e. The standard InChI is InChI=1S/C17H18ClNO3S/c1-23(20,21)19-11-14(10-18)16-8-7-15(9-17(16)19)22-12-13-5-3-2-4-6-13/h2-9,14H,10-12H2,1H3/t14-/m0/s1. The van der Waals surface area contributed by atoms with E-state index < -0.39 is 10.0 Å². The van der Waals surface area contributed by atoms with Gasteiger partial charge in [0.15, 0.2) is 0 Å². The summed E-state index contributed by atoms with van der Waals surface area (Å²) in [6.07, 6.45) is 1.21. The number of nitrogens with zero attached hydrogens (tertiary/aromatic N) is 1. The Balaban J connectivity index is 1.85. The van der Waals surface area contributed by atoms with Crippen molar-refractivity contribution in [3.05, 3.63) is 59.7 Å². The third-order valence-electron chi connectivity index (χ3n) is 3.93. The Bertz CT molecular complexity index is 793. The number of ether oxygens (including phenoxy) is 1. The van der Waals surface area contributed by atoms with E-state index in [1.165, 1.54) is 10.6 Å². The van der Waals surface area contributed by atoms with Crippen LogP contribution in [-0.4, -0.2) is 27.1 Å². The van der Waals surface area contributed by atoms with Crippen LogP contribution >= 0.6 is 11.6 Å². The maximum atomic E-state index is 12.0. The first kappa shape index (κ1) is 16.1. The number of alkyl halides is 1. The number of halogens is 1. The van der Waals surface area contributed by atoms with Crippen molar-refractivity contribution >= 4 is 27.3 Å². The molecule has 122 valence electrons. The fourth-order valence-electron chi connectivity index (χ4n) is 2.76. The van der Waals surface area contributed by atoms with Crippen molar-refractivity contribution in [2.45, 2.75) is 12.5 Å². The van der Waals surface area contributed by atoms with E-state index >= 15 is 0 Å². The first-order chi connectivity index (χ1) is 11.0. The first-order valence-corrected chi connectivity index (χ1v) is 9.71. The van der Waals surface area contributed by atoms with E-state index in [-0.39, 0.29) is 5.92 Å². The quantitative estimate of drug-likeness (QED) is 0.776. The Hall–Kier alpha value is -1.72. The Morgan fingerprint density at radius 1 is 1.22 bits per heavy atom. The van der Waals surface area contributed by atoms with E-state index in [1.54, 1.807) is 6.07 Å². The van der Waals surface area contributed by atoms with Gasteiger partial charge in [0.2, 0.25) is 10.0 Å². The van der Waals surface area contributed by atoms with Crippen LogP contribution in [0.15, 0.2) is 48.5 Å². The van der Waals surface area contributed by atoms with Crippen LogP contribution in [0.2, 0.25) is 0 Å². The van der Waals surface area contributed by atoms with Crippen molar-refractivity contribution in [1.29, 1.82) is 0 Å². The van der Waals surface area contributed by atoms with Gasteiger partial charge in [0, 0.05) is 24.4 Å². The highest BCUT2D eigenvalue weighted by molar-refractivity contribution is 7.92. The number of anilines is 1. The van der Waals surface area contributed by atoms with Gasteiger partial charge < -0.3 is 4.74 Å². The van der Waals surface area contributed by atoms with Gasteiger partial charge in [-0.3, -0.25) is 4.31 Å². The van der Waals surface area contributed by atoms with Crippen LogP contribution < -0.4 is 9.04 Å². The molecule has 0 spiro atoms. The predicted octanol–water partition coefficient (Wildman–Crippen LogP) is 3.37. The summed E-state index contributed by atoms with van der Waals surface area (Å²) in [5.74, 6) is 1.06. The average molecular weight is 352 g/mol. The number of hydrogen-bond donors (Lipinski definition) is 0. The molecule has 1 aliphatic rings. The molecule has 0 amide bonds. The number of hydrogen-bond acceptors (Lipinski definition) is 3. The lowest BCUT2D eigenvalue weighted by molar-refractivity contribution is 0.306. The highest BCUT2D eigenvalue weighted by atomic mass is 35.5. The maximum absolute atomic E-state index is 12.0. The summed E-state index contributed by atoms with van der Waals surface area (Å²) in [5, 5.41) is 0. The highest BCUT2D eigenvalue weighted by Gasteiger charge is 2.33. The minimum atomic E-state index is -3.32. The van der Waals surface area contributed by atoms with Crippen molar-refractivity contribution < 1.29 is 13.2 Å². The molecule has 0 aliphatic carbocycles. The van der Waals surface area contributed by atoms with E-state index in [2.05, 4.69) is 0 Å². The predicted molar refractivity (Wildman–Crippen MR) is 92.9 cm³/mol. The summed E-state index contributed by atoms with van der Waals surface area (Å²) < 4.78 is 31.2. The Morgan fingerprint density at radius 3 is 2.61 bits per heavy atom. The lowest BCUT2D eigenvalue weighted by Gasteiger charge is -2.17. The molecule has 1 atom stereocenters. The molecule has 0 bridgehead atoms. The van der Waals surface area contributed by atoms with Gasteiger partial charge in [0.05, 0.1) is 11.9 Å². The zero-order chi connectivity index (χ0) is 16.4. The van der Waals surface area contributed by atoms with Crippen molar-refractivity contribution in [3.63, 3.8) is 0 Å². The van der Waals surface area contributed by atoms with Crippen LogP contribution in [0.4, 0.5) is 5.69 Å². The lowest BCUT2D eigenvalue weighted by atomic mass is 10.0. The molecule has 3 rings (SSSR count). The first-order valence-electron chi connectivity index (χ1n) is 7.33. The molecule has 6 heteroatoms. The van der Waals surface area contributed by atoms with Gasteiger partial charge >= 0.3 is 0 Å². The summed E-state index contributed by atoms with van der Waals surface area (Å²) in [6.45, 7) is 0.831. The molecule has 0 N–H and O–H groups in total. The summed E-state index contributed by atoms with van der Waals surface area (Å²) >= 11 is 5.98. The van der Waals surface area contributed by atoms with E-state index in [1.807, 2.05) is 42.5 Å². The van der Waals surface area contributed by atoms with Crippen LogP contribution in [0.25, 0.3) is 0 Å². The van der Waals surface area contributed by atoms with Gasteiger partial charge in [-0.1, -0.05) is 36.4 Å². The zero-order valence-corrected chi connectivity index (χ0v) is 14.3. The summed E-state index contributed by atoms with van der Waals surface area (Å²) in [6, 6.07) is 15.4. The molecule has 0 saturated heterocycles. The largest absolute Gasteiger partial charge is 0.489 e. The van der Waals surface area contributed by atoms with Crippen LogP contribution in [0.5, 0.6) is 5.75 Å². The molecule has 0 unspecified atom stereocenters. The smallest absolute Gasteiger partial charge is 0.232 e. The number of benzene rings is 2. The van der Waals surface area contributed by atoms with Crippen LogP contribution in [0.3, 0.4) is 0 Å². The summed E-state index contributed by atoms with van der Waals surface area (Å²) in [5.41, 5.74) is 2.69. The van der Waals surface area contributed by atoms with Gasteiger partial charge in [0.25, 0.3) is 0 Å². The second-order valence-corrected chi connectivity index (χ2v) is 7.86. The SMILES string of the molecule is CS(=O)(=O)N1C[C@H](CCl)c2ccc(OCc3ccccc3)cc21. The third kappa shape index (κ3) is 3.46. The van der Waals surface area contributed by atoms with Gasteiger partial charge in [0.1, 0.15) is 12.4 Å². The van der Waals surface area contributed by atoms with Gasteiger partial charge in [-0.05, 0) is 17.2 Å². The molecule has 2 aromatic rings. The molecular formula is C17H18ClNO3S. The number of fused-ring (bicyclic) bond motifs is 1. The summed E-state index contributed by atoms with van der Waals surface area (Å²) in [4.78, 5) is 0. The Morgan fingerprint density at radius 2 is 1.96 bits per heavy atom. The second kappa shape index (κ2) is 6.42. The molecule has 0 aromatic heterocycles. The molecule has 4 nitrogen and oxygen atoms in total. The molecule has 0 fully saturated rings. The molecule has 1 aliphatic heterocycles. The molecule has 0 saturated carbocycles. The molecule has 1 heterocycles. The Kier molecular flexibility index (Phi) is 4.50. The Labute approximate surface area is 141 Å². The van der Waals surface area contributed by atoms with Gasteiger partial charge in [-0.2, -0.15) is 0 Å². The summed E-state index contributed by atoms with van der Waals surface area (Å²) in [7, 11) is -3.32. The topological polar surface area (TPSA) is 46.6 Å². The van der Waals surface area contributed by atoms with Crippen LogP contribution in [0.1, 0.15) is 17.0 Å². The van der Waals surface area contributed by atoms with E-state index in [0.29, 0.717) is 30.5 Å². The van der Waals surface area contributed by atoms with Crippen molar-refractivity contribution in [2.24, 2.45) is 0 Å². The van der Waals surface area contributed by atoms with Gasteiger partial charge in [-0.25, -0.2) is 8.42 Å². The molecule has 2 aromatic carbocycles. The second-order valence-electron chi connectivity index (χ2n) is 5.64. The molecule has 23 heavy (non-hydrogen) atoms. The van der Waals surface area contributed by atoms with Crippen LogP contribution in [0, 0.1) is 0 Å². The van der Waals surface area contributed by atoms with Crippen LogP contribution in [-0.2, 0) is 16.6 Å². The maximum Gasteiger partial charge on any atom is 0.232 e. The van der Waals surface area contributed by atoms with Gasteiger partial charge in [-0.15, -0.1) is 11.6 Å². The minimum absolute atomic E-state index is 0.0181. The van der Waals surface area contributed by atoms with Crippen molar-refractivity contribution in [1.82, 2.24) is 0 Å². The highest BCUT2D eigenvalue weighted by Crippen LogP contribution is 2.40. The van der Waals surface area contributed by atoms with E-state index in [0.717, 1.165) is 11.1 Å². The average Bonchev–Trinajstić information content (AvgIpc) is 2.92. The lowest BCUT2D eigenvalue weighted by Crippen LogP contribution is -2.28. The molecular weight excluding hydrogens is 334 g/mol. The third-order valence-corrected chi connectivity index (χ3v) is 5.45. The normalized spacial score (nSPS) is 17.1. The zero-order valence-electron chi connectivity index (χ0n) is 12.8. The molecule has 0 radical (unpaired) electrons. The number of sulfonamides is 1. The van der Waals surface area contributed by atoms with E-state index in [9.17, 15) is 8.42 Å². The fraction of sp³-hybridized carbons (Fsp3) is 0.294.